The zero-order chi connectivity index (χ0) is 5.15. The van der Waals surface area contributed by atoms with E-state index in [1.165, 1.54) is 0 Å². The van der Waals surface area contributed by atoms with E-state index in [0.29, 0.717) is 0 Å². The highest BCUT2D eigenvalue weighted by Crippen LogP contribution is 1.80. The van der Waals surface area contributed by atoms with Crippen LogP contribution in [0.5, 0.6) is 0 Å². The third-order valence-electron chi connectivity index (χ3n) is 1.33. The molecule has 6 heavy (non-hydrogen) atoms. The summed E-state index contributed by atoms with van der Waals surface area (Å²) in [4.78, 5) is 0. The molecule has 0 spiro atoms. The van der Waals surface area contributed by atoms with Crippen LogP contribution in [-0.2, 0) is 0 Å². The molecule has 0 aliphatic heterocycles. The Hall–Kier alpha value is 0.195. The first-order valence-electron chi connectivity index (χ1n) is 2.64. The molecule has 0 nitrogen and oxygen atoms in total. The fourth-order valence-electron chi connectivity index (χ4n) is 0. The van der Waals surface area contributed by atoms with Gasteiger partial charge in [0.1, 0.15) is 0 Å². The van der Waals surface area contributed by atoms with Gasteiger partial charge in [-0.3, -0.25) is 0 Å². The van der Waals surface area contributed by atoms with Gasteiger partial charge in [-0.2, -0.15) is 0 Å². The molecule has 0 atom stereocenters. The van der Waals surface area contributed by atoms with Crippen LogP contribution in [0.4, 0.5) is 0 Å². The van der Waals surface area contributed by atoms with E-state index in [0.717, 1.165) is 13.1 Å². The summed E-state index contributed by atoms with van der Waals surface area (Å²) in [5.41, 5.74) is 0. The van der Waals surface area contributed by atoms with E-state index in [9.17, 15) is 0 Å². The lowest BCUT2D eigenvalue weighted by Crippen LogP contribution is -2.26. The van der Waals surface area contributed by atoms with Crippen LogP contribution < -0.4 is 0 Å². The molecule has 0 aliphatic carbocycles. The average molecular weight is 79.6 g/mol. The van der Waals surface area contributed by atoms with Crippen molar-refractivity contribution in [3.05, 3.63) is 0 Å². The first-order valence-corrected chi connectivity index (χ1v) is 2.64. The van der Waals surface area contributed by atoms with Gasteiger partial charge in [0.15, 0.2) is 0 Å². The molecule has 0 unspecified atom stereocenters. The van der Waals surface area contributed by atoms with Gasteiger partial charge in [0, 0.05) is 0 Å². The Kier molecular flexibility index (Phi) is 2.46. The van der Waals surface area contributed by atoms with Gasteiger partial charge in [0.25, 0.3) is 0 Å². The minimum Gasteiger partial charge on any atom is -0.0992 e. The lowest BCUT2D eigenvalue weighted by molar-refractivity contribution is 2.06. The van der Waals surface area contributed by atoms with Gasteiger partial charge in [-0.1, -0.05) is 20.5 Å². The van der Waals surface area contributed by atoms with Crippen molar-refractivity contribution in [2.45, 2.75) is 20.5 Å². The number of rotatable bonds is 1. The summed E-state index contributed by atoms with van der Waals surface area (Å²) in [6, 6.07) is 0. The van der Waals surface area contributed by atoms with Gasteiger partial charge in [-0.05, 0) is 0 Å². The minimum absolute atomic E-state index is 0.852. The van der Waals surface area contributed by atoms with Crippen LogP contribution in [-0.4, -0.2) is 20.8 Å². The molecule has 0 saturated carbocycles. The fraction of sp³-hybridized carbons (Fsp3) is 1.00. The summed E-state index contributed by atoms with van der Waals surface area (Å²) < 4.78 is 0. The van der Waals surface area contributed by atoms with E-state index in [1.54, 1.807) is 0 Å². The molecule has 0 heterocycles. The molecule has 0 aromatic carbocycles. The first-order chi connectivity index (χ1) is 2.64. The Balaban J connectivity index is 2.99. The summed E-state index contributed by atoms with van der Waals surface area (Å²) >= 11 is 0. The smallest absolute Gasteiger partial charge is 0.0931 e. The summed E-state index contributed by atoms with van der Waals surface area (Å²) in [5, 5.41) is 0. The van der Waals surface area contributed by atoms with E-state index in [4.69, 9.17) is 0 Å². The second-order valence-electron chi connectivity index (χ2n) is 2.49. The minimum atomic E-state index is 0.852. The van der Waals surface area contributed by atoms with Gasteiger partial charge in [0.2, 0.25) is 0 Å². The molecule has 0 N–H and O–H groups in total. The topological polar surface area (TPSA) is 0 Å². The van der Waals surface area contributed by atoms with Crippen LogP contribution in [0.25, 0.3) is 0 Å². The van der Waals surface area contributed by atoms with Gasteiger partial charge in [0.05, 0.1) is 20.8 Å². The van der Waals surface area contributed by atoms with Gasteiger partial charge < -0.3 is 0 Å². The summed E-state index contributed by atoms with van der Waals surface area (Å²) in [5.74, 6) is 0. The molecule has 32 valence electrons. The summed E-state index contributed by atoms with van der Waals surface area (Å²) in [6.45, 7) is 8.43. The van der Waals surface area contributed by atoms with Gasteiger partial charge >= 0.3 is 0 Å². The normalized spacial score (nSPS) is 7.83. The van der Waals surface area contributed by atoms with E-state index in [1.807, 2.05) is 0 Å². The average Bonchev–Trinajstić information content (AvgIpc) is 1.36. The lowest BCUT2D eigenvalue weighted by Gasteiger charge is -1.97. The van der Waals surface area contributed by atoms with Crippen LogP contribution in [0.2, 0.25) is 20.5 Å². The number of hydrogen-bond donors (Lipinski definition) is 0. The molecule has 0 aromatic rings. The van der Waals surface area contributed by atoms with E-state index in [2.05, 4.69) is 28.2 Å². The highest BCUT2D eigenvalue weighted by Gasteiger charge is 2.04. The predicted molar refractivity (Wildman–Crippen MR) is 37.6 cm³/mol. The summed E-state index contributed by atoms with van der Waals surface area (Å²) in [7, 11) is 2.24. The molecule has 0 aromatic heterocycles. The van der Waals surface area contributed by atoms with Gasteiger partial charge in [-0.15, -0.1) is 0 Å². The Morgan fingerprint density at radius 3 is 1.33 bits per heavy atom. The molecule has 0 amide bonds. The van der Waals surface area contributed by atoms with Crippen molar-refractivity contribution in [2.24, 2.45) is 0 Å². The first kappa shape index (κ1) is 6.19. The van der Waals surface area contributed by atoms with E-state index >= 15 is 0 Å². The maximum atomic E-state index is 2.24. The third kappa shape index (κ3) is 2.43. The monoisotopic (exact) mass is 80.1 g/mol. The Morgan fingerprint density at radius 1 is 1.17 bits per heavy atom. The molecule has 0 rings (SSSR count). The molecule has 0 fully saturated rings. The predicted octanol–water partition coefficient (Wildman–Crippen LogP) is 0.0736. The van der Waals surface area contributed by atoms with Crippen molar-refractivity contribution >= 4 is 20.8 Å². The second kappa shape index (κ2) is 2.38. The molecular formula is C3H11B3. The number of hydrogen-bond acceptors (Lipinski definition) is 0. The van der Waals surface area contributed by atoms with Crippen molar-refractivity contribution in [1.82, 2.24) is 0 Å². The summed E-state index contributed by atoms with van der Waals surface area (Å²) in [6.07, 6.45) is 0. The molecule has 0 saturated heterocycles. The zero-order valence-corrected chi connectivity index (χ0v) is 5.15. The maximum absolute atomic E-state index is 2.24. The second-order valence-corrected chi connectivity index (χ2v) is 2.49. The van der Waals surface area contributed by atoms with Crippen LogP contribution in [0.1, 0.15) is 0 Å². The van der Waals surface area contributed by atoms with Crippen molar-refractivity contribution in [3.63, 3.8) is 0 Å². The fourth-order valence-corrected chi connectivity index (χ4v) is 0. The molecule has 3 heteroatoms. The lowest BCUT2D eigenvalue weighted by atomic mass is 9.02. The van der Waals surface area contributed by atoms with Crippen LogP contribution in [0.3, 0.4) is 0 Å². The molecular weight excluding hydrogens is 68.5 g/mol. The highest BCUT2D eigenvalue weighted by molar-refractivity contribution is 7.40. The quantitative estimate of drug-likeness (QED) is 0.391. The van der Waals surface area contributed by atoms with Crippen molar-refractivity contribution in [2.75, 3.05) is 0 Å². The Bertz CT molecular complexity index is 27.0. The molecule has 0 radical (unpaired) electrons. The zero-order valence-electron chi connectivity index (χ0n) is 5.15. The Labute approximate surface area is 42.2 Å². The van der Waals surface area contributed by atoms with Crippen molar-refractivity contribution < 1.29 is 0 Å². The van der Waals surface area contributed by atoms with Crippen LogP contribution in [0, 0.1) is 0 Å². The third-order valence-corrected chi connectivity index (χ3v) is 1.33. The van der Waals surface area contributed by atoms with E-state index < -0.39 is 0 Å². The highest BCUT2D eigenvalue weighted by atomic mass is 13.3. The van der Waals surface area contributed by atoms with Crippen LogP contribution in [0.15, 0.2) is 0 Å². The maximum Gasteiger partial charge on any atom is 0.0931 e. The van der Waals surface area contributed by atoms with Crippen molar-refractivity contribution in [1.29, 1.82) is 0 Å². The standard InChI is InChI=1S/C3H11B3/c1-5(2)6(3)4/h4H2,1-3H3. The Morgan fingerprint density at radius 2 is 1.33 bits per heavy atom. The molecule has 0 aliphatic rings. The van der Waals surface area contributed by atoms with Crippen molar-refractivity contribution in [3.8, 4) is 0 Å². The SMILES string of the molecule is BB(C)B(C)C. The van der Waals surface area contributed by atoms with Crippen LogP contribution >= 0.6 is 0 Å². The van der Waals surface area contributed by atoms with Gasteiger partial charge in [-0.25, -0.2) is 0 Å². The van der Waals surface area contributed by atoms with E-state index in [-0.39, 0.29) is 0 Å². The molecule has 0 bridgehead atoms. The largest absolute Gasteiger partial charge is 0.0992 e.